The van der Waals surface area contributed by atoms with Gasteiger partial charge in [-0.3, -0.25) is 0 Å². The summed E-state index contributed by atoms with van der Waals surface area (Å²) in [6.07, 6.45) is 0. The lowest BCUT2D eigenvalue weighted by atomic mass is 10.0. The van der Waals surface area contributed by atoms with Crippen LogP contribution in [0.4, 0.5) is 5.88 Å². The SMILES string of the molecule is COC(=O)c1ccc(-c2cc(N)on2)cc1C. The van der Waals surface area contributed by atoms with Gasteiger partial charge in [0.2, 0.25) is 5.88 Å². The van der Waals surface area contributed by atoms with E-state index in [0.29, 0.717) is 11.3 Å². The normalized spacial score (nSPS) is 10.2. The summed E-state index contributed by atoms with van der Waals surface area (Å²) in [4.78, 5) is 11.4. The fourth-order valence-corrected chi connectivity index (χ4v) is 1.59. The van der Waals surface area contributed by atoms with E-state index in [0.717, 1.165) is 11.1 Å². The Bertz CT molecular complexity index is 561. The maximum Gasteiger partial charge on any atom is 0.338 e. The Labute approximate surface area is 98.2 Å². The van der Waals surface area contributed by atoms with Crippen LogP contribution in [-0.2, 0) is 4.74 Å². The third-order valence-electron chi connectivity index (χ3n) is 2.46. The van der Waals surface area contributed by atoms with Crippen LogP contribution >= 0.6 is 0 Å². The average Bonchev–Trinajstić information content (AvgIpc) is 2.75. The molecule has 0 unspecified atom stereocenters. The molecule has 0 aliphatic rings. The van der Waals surface area contributed by atoms with Gasteiger partial charge in [0.25, 0.3) is 0 Å². The van der Waals surface area contributed by atoms with E-state index in [2.05, 4.69) is 9.89 Å². The standard InChI is InChI=1S/C12H12N2O3/c1-7-5-8(10-6-11(13)17-14-10)3-4-9(7)12(15)16-2/h3-6H,13H2,1-2H3. The largest absolute Gasteiger partial charge is 0.465 e. The van der Waals surface area contributed by atoms with Crippen LogP contribution in [0.3, 0.4) is 0 Å². The van der Waals surface area contributed by atoms with Crippen molar-refractivity contribution in [1.82, 2.24) is 5.16 Å². The van der Waals surface area contributed by atoms with E-state index in [-0.39, 0.29) is 11.9 Å². The predicted octanol–water partition coefficient (Wildman–Crippen LogP) is 2.02. The summed E-state index contributed by atoms with van der Waals surface area (Å²) >= 11 is 0. The zero-order valence-corrected chi connectivity index (χ0v) is 9.56. The predicted molar refractivity (Wildman–Crippen MR) is 62.4 cm³/mol. The fraction of sp³-hybridized carbons (Fsp3) is 0.167. The van der Waals surface area contributed by atoms with E-state index in [1.807, 2.05) is 13.0 Å². The molecular weight excluding hydrogens is 220 g/mol. The summed E-state index contributed by atoms with van der Waals surface area (Å²) in [5, 5.41) is 3.81. The number of esters is 1. The molecule has 0 aliphatic carbocycles. The molecule has 0 bridgehead atoms. The van der Waals surface area contributed by atoms with Gasteiger partial charge >= 0.3 is 5.97 Å². The van der Waals surface area contributed by atoms with Gasteiger partial charge in [0.1, 0.15) is 5.69 Å². The van der Waals surface area contributed by atoms with E-state index < -0.39 is 0 Å². The summed E-state index contributed by atoms with van der Waals surface area (Å²) in [6.45, 7) is 1.83. The highest BCUT2D eigenvalue weighted by molar-refractivity contribution is 5.91. The van der Waals surface area contributed by atoms with Gasteiger partial charge < -0.3 is 15.0 Å². The van der Waals surface area contributed by atoms with Crippen molar-refractivity contribution >= 4 is 11.9 Å². The van der Waals surface area contributed by atoms with Crippen molar-refractivity contribution in [2.45, 2.75) is 6.92 Å². The van der Waals surface area contributed by atoms with Crippen molar-refractivity contribution in [1.29, 1.82) is 0 Å². The minimum Gasteiger partial charge on any atom is -0.465 e. The fourth-order valence-electron chi connectivity index (χ4n) is 1.59. The highest BCUT2D eigenvalue weighted by Crippen LogP contribution is 2.23. The zero-order chi connectivity index (χ0) is 12.4. The number of aryl methyl sites for hydroxylation is 1. The molecule has 1 heterocycles. The lowest BCUT2D eigenvalue weighted by Gasteiger charge is -2.04. The lowest BCUT2D eigenvalue weighted by Crippen LogP contribution is -2.03. The molecule has 2 aromatic rings. The van der Waals surface area contributed by atoms with Crippen molar-refractivity contribution in [2.24, 2.45) is 0 Å². The van der Waals surface area contributed by atoms with E-state index in [9.17, 15) is 4.79 Å². The summed E-state index contributed by atoms with van der Waals surface area (Å²) in [7, 11) is 1.36. The number of aromatic nitrogens is 1. The van der Waals surface area contributed by atoms with E-state index >= 15 is 0 Å². The van der Waals surface area contributed by atoms with Crippen LogP contribution in [-0.4, -0.2) is 18.2 Å². The second-order valence-electron chi connectivity index (χ2n) is 3.64. The van der Waals surface area contributed by atoms with Crippen LogP contribution in [0.5, 0.6) is 0 Å². The minimum absolute atomic E-state index is 0.259. The minimum atomic E-state index is -0.353. The van der Waals surface area contributed by atoms with E-state index in [1.54, 1.807) is 18.2 Å². The van der Waals surface area contributed by atoms with Crippen molar-refractivity contribution in [3.8, 4) is 11.3 Å². The van der Waals surface area contributed by atoms with Crippen molar-refractivity contribution in [3.05, 3.63) is 35.4 Å². The van der Waals surface area contributed by atoms with Crippen LogP contribution in [0, 0.1) is 6.92 Å². The first-order chi connectivity index (χ1) is 8.11. The monoisotopic (exact) mass is 232 g/mol. The molecule has 0 fully saturated rings. The summed E-state index contributed by atoms with van der Waals surface area (Å²) in [6, 6.07) is 6.94. The van der Waals surface area contributed by atoms with Crippen LogP contribution in [0.2, 0.25) is 0 Å². The van der Waals surface area contributed by atoms with Gasteiger partial charge in [0.15, 0.2) is 0 Å². The van der Waals surface area contributed by atoms with Gasteiger partial charge in [0.05, 0.1) is 12.7 Å². The second kappa shape index (κ2) is 4.29. The summed E-state index contributed by atoms with van der Waals surface area (Å²) < 4.78 is 9.47. The molecule has 0 atom stereocenters. The molecule has 2 N–H and O–H groups in total. The van der Waals surface area contributed by atoms with E-state index in [1.165, 1.54) is 7.11 Å². The number of methoxy groups -OCH3 is 1. The molecular formula is C12H12N2O3. The smallest absolute Gasteiger partial charge is 0.338 e. The van der Waals surface area contributed by atoms with Crippen LogP contribution < -0.4 is 5.73 Å². The molecule has 5 nitrogen and oxygen atoms in total. The first-order valence-corrected chi connectivity index (χ1v) is 5.03. The van der Waals surface area contributed by atoms with Gasteiger partial charge in [-0.15, -0.1) is 0 Å². The number of carbonyl (C=O) groups excluding carboxylic acids is 1. The van der Waals surface area contributed by atoms with Gasteiger partial charge in [-0.05, 0) is 24.6 Å². The molecule has 17 heavy (non-hydrogen) atoms. The number of ether oxygens (including phenoxy) is 1. The molecule has 0 saturated carbocycles. The highest BCUT2D eigenvalue weighted by atomic mass is 16.5. The van der Waals surface area contributed by atoms with Gasteiger partial charge in [-0.25, -0.2) is 4.79 Å². The van der Waals surface area contributed by atoms with Crippen LogP contribution in [0.15, 0.2) is 28.8 Å². The topological polar surface area (TPSA) is 78.4 Å². The van der Waals surface area contributed by atoms with Crippen molar-refractivity contribution < 1.29 is 14.1 Å². The molecule has 0 spiro atoms. The lowest BCUT2D eigenvalue weighted by molar-refractivity contribution is 0.0600. The number of anilines is 1. The van der Waals surface area contributed by atoms with Crippen molar-refractivity contribution in [3.63, 3.8) is 0 Å². The molecule has 0 radical (unpaired) electrons. The Morgan fingerprint density at radius 1 is 1.41 bits per heavy atom. The molecule has 0 aliphatic heterocycles. The van der Waals surface area contributed by atoms with Crippen LogP contribution in [0.25, 0.3) is 11.3 Å². The number of benzene rings is 1. The molecule has 1 aromatic heterocycles. The molecule has 1 aromatic carbocycles. The molecule has 0 amide bonds. The maximum atomic E-state index is 11.4. The quantitative estimate of drug-likeness (QED) is 0.801. The summed E-state index contributed by atoms with van der Waals surface area (Å²) in [5.74, 6) is -0.0941. The van der Waals surface area contributed by atoms with Crippen LogP contribution in [0.1, 0.15) is 15.9 Å². The van der Waals surface area contributed by atoms with Gasteiger partial charge in [0, 0.05) is 11.6 Å². The molecule has 88 valence electrons. The number of carbonyl (C=O) groups is 1. The maximum absolute atomic E-state index is 11.4. The van der Waals surface area contributed by atoms with Gasteiger partial charge in [-0.1, -0.05) is 11.2 Å². The third kappa shape index (κ3) is 2.13. The first kappa shape index (κ1) is 11.2. The Kier molecular flexibility index (Phi) is 2.82. The molecule has 5 heteroatoms. The van der Waals surface area contributed by atoms with Gasteiger partial charge in [-0.2, -0.15) is 0 Å². The second-order valence-corrected chi connectivity index (χ2v) is 3.64. The number of nitrogen functional groups attached to an aromatic ring is 1. The Hall–Kier alpha value is -2.30. The average molecular weight is 232 g/mol. The first-order valence-electron chi connectivity index (χ1n) is 5.03. The molecule has 0 saturated heterocycles. The Morgan fingerprint density at radius 2 is 2.18 bits per heavy atom. The Balaban J connectivity index is 2.40. The Morgan fingerprint density at radius 3 is 2.71 bits per heavy atom. The molecule has 2 rings (SSSR count). The number of nitrogens with zero attached hydrogens (tertiary/aromatic N) is 1. The number of hydrogen-bond acceptors (Lipinski definition) is 5. The number of hydrogen-bond donors (Lipinski definition) is 1. The number of rotatable bonds is 2. The summed E-state index contributed by atoms with van der Waals surface area (Å²) in [5.41, 5.74) is 8.28. The highest BCUT2D eigenvalue weighted by Gasteiger charge is 2.11. The zero-order valence-electron chi connectivity index (χ0n) is 9.56. The number of nitrogens with two attached hydrogens (primary N) is 1. The van der Waals surface area contributed by atoms with E-state index in [4.69, 9.17) is 10.3 Å². The third-order valence-corrected chi connectivity index (χ3v) is 2.46. The van der Waals surface area contributed by atoms with Crippen molar-refractivity contribution in [2.75, 3.05) is 12.8 Å².